The van der Waals surface area contributed by atoms with E-state index in [1.54, 1.807) is 6.07 Å². The molecule has 2 rings (SSSR count). The van der Waals surface area contributed by atoms with E-state index >= 15 is 0 Å². The lowest BCUT2D eigenvalue weighted by Gasteiger charge is -1.98. The fourth-order valence-corrected chi connectivity index (χ4v) is 1.15. The highest BCUT2D eigenvalue weighted by Crippen LogP contribution is 2.13. The van der Waals surface area contributed by atoms with E-state index in [1.165, 1.54) is 18.6 Å². The first kappa shape index (κ1) is 8.71. The van der Waals surface area contributed by atoms with Crippen molar-refractivity contribution in [2.45, 2.75) is 6.54 Å². The Morgan fingerprint density at radius 1 is 1.57 bits per heavy atom. The number of nitrogens with zero attached hydrogens (tertiary/aromatic N) is 1. The Hall–Kier alpha value is -1.88. The Bertz CT molecular complexity index is 473. The third kappa shape index (κ3) is 1.57. The van der Waals surface area contributed by atoms with Gasteiger partial charge in [0.15, 0.2) is 0 Å². The highest BCUT2D eigenvalue weighted by molar-refractivity contribution is 5.52. The number of aromatic nitrogens is 2. The molecular formula is C9H9N3O2. The largest absolute Gasteiger partial charge is 0.472 e. The summed E-state index contributed by atoms with van der Waals surface area (Å²) in [5, 5.41) is 0. The summed E-state index contributed by atoms with van der Waals surface area (Å²) in [6.45, 7) is 0.245. The van der Waals surface area contributed by atoms with Crippen molar-refractivity contribution < 1.29 is 4.42 Å². The maximum Gasteiger partial charge on any atom is 0.251 e. The molecule has 5 heteroatoms. The average molecular weight is 191 g/mol. The number of rotatable bonds is 2. The lowest BCUT2D eigenvalue weighted by molar-refractivity contribution is 0.568. The third-order valence-electron chi connectivity index (χ3n) is 1.80. The van der Waals surface area contributed by atoms with Crippen molar-refractivity contribution in [2.75, 3.05) is 0 Å². The molecule has 0 bridgehead atoms. The van der Waals surface area contributed by atoms with Crippen LogP contribution in [0.25, 0.3) is 11.4 Å². The molecule has 0 aromatic carbocycles. The molecule has 0 spiro atoms. The van der Waals surface area contributed by atoms with Crippen molar-refractivity contribution in [2.24, 2.45) is 5.73 Å². The van der Waals surface area contributed by atoms with E-state index < -0.39 is 0 Å². The first-order valence-electron chi connectivity index (χ1n) is 4.12. The fourth-order valence-electron chi connectivity index (χ4n) is 1.15. The van der Waals surface area contributed by atoms with Crippen LogP contribution in [0.1, 0.15) is 5.69 Å². The van der Waals surface area contributed by atoms with Crippen LogP contribution in [0, 0.1) is 0 Å². The predicted octanol–water partition coefficient (Wildman–Crippen LogP) is 0.489. The number of nitrogens with two attached hydrogens (primary N) is 1. The molecule has 0 aliphatic rings. The minimum absolute atomic E-state index is 0.211. The standard InChI is InChI=1S/C9H9N3O2/c10-4-7-3-8(13)12-9(11-7)6-1-2-14-5-6/h1-3,5H,4,10H2,(H,11,12,13). The maximum absolute atomic E-state index is 11.2. The maximum atomic E-state index is 11.2. The van der Waals surface area contributed by atoms with Crippen LogP contribution in [0.5, 0.6) is 0 Å². The molecule has 0 aliphatic carbocycles. The van der Waals surface area contributed by atoms with Gasteiger partial charge in [0.1, 0.15) is 12.1 Å². The van der Waals surface area contributed by atoms with Gasteiger partial charge in [-0.25, -0.2) is 4.98 Å². The second-order valence-corrected chi connectivity index (χ2v) is 2.80. The van der Waals surface area contributed by atoms with Crippen molar-refractivity contribution in [1.29, 1.82) is 0 Å². The van der Waals surface area contributed by atoms with Crippen LogP contribution in [0.3, 0.4) is 0 Å². The summed E-state index contributed by atoms with van der Waals surface area (Å²) in [5.41, 5.74) is 6.48. The Balaban J connectivity index is 2.54. The zero-order valence-electron chi connectivity index (χ0n) is 7.36. The first-order chi connectivity index (χ1) is 6.79. The van der Waals surface area contributed by atoms with Crippen molar-refractivity contribution in [1.82, 2.24) is 9.97 Å². The van der Waals surface area contributed by atoms with Crippen molar-refractivity contribution in [3.8, 4) is 11.4 Å². The van der Waals surface area contributed by atoms with E-state index in [1.807, 2.05) is 0 Å². The number of H-pyrrole nitrogens is 1. The molecular weight excluding hydrogens is 182 g/mol. The van der Waals surface area contributed by atoms with Gasteiger partial charge >= 0.3 is 0 Å². The molecule has 2 heterocycles. The van der Waals surface area contributed by atoms with Gasteiger partial charge in [-0.2, -0.15) is 0 Å². The molecule has 14 heavy (non-hydrogen) atoms. The van der Waals surface area contributed by atoms with E-state index in [-0.39, 0.29) is 12.1 Å². The van der Waals surface area contributed by atoms with Gasteiger partial charge in [-0.05, 0) is 6.07 Å². The molecule has 0 aliphatic heterocycles. The summed E-state index contributed by atoms with van der Waals surface area (Å²) in [6, 6.07) is 3.10. The number of nitrogens with one attached hydrogen (secondary N) is 1. The highest BCUT2D eigenvalue weighted by atomic mass is 16.3. The zero-order valence-corrected chi connectivity index (χ0v) is 7.36. The monoisotopic (exact) mass is 191 g/mol. The lowest BCUT2D eigenvalue weighted by Crippen LogP contribution is -2.12. The number of hydrogen-bond acceptors (Lipinski definition) is 4. The van der Waals surface area contributed by atoms with Crippen LogP contribution in [-0.4, -0.2) is 9.97 Å². The zero-order chi connectivity index (χ0) is 9.97. The van der Waals surface area contributed by atoms with E-state index in [0.717, 1.165) is 5.56 Å². The van der Waals surface area contributed by atoms with Gasteiger partial charge in [0, 0.05) is 12.6 Å². The molecule has 0 radical (unpaired) electrons. The van der Waals surface area contributed by atoms with Crippen molar-refractivity contribution in [3.05, 3.63) is 40.7 Å². The Labute approximate surface area is 79.6 Å². The molecule has 3 N–H and O–H groups in total. The van der Waals surface area contributed by atoms with Crippen LogP contribution < -0.4 is 11.3 Å². The molecule has 0 atom stereocenters. The molecule has 0 unspecified atom stereocenters. The predicted molar refractivity (Wildman–Crippen MR) is 50.5 cm³/mol. The van der Waals surface area contributed by atoms with E-state index in [0.29, 0.717) is 11.5 Å². The van der Waals surface area contributed by atoms with Crippen LogP contribution in [0.4, 0.5) is 0 Å². The summed E-state index contributed by atoms with van der Waals surface area (Å²) in [7, 11) is 0. The van der Waals surface area contributed by atoms with Gasteiger partial charge in [-0.3, -0.25) is 4.79 Å². The second-order valence-electron chi connectivity index (χ2n) is 2.80. The van der Waals surface area contributed by atoms with Gasteiger partial charge in [-0.15, -0.1) is 0 Å². The van der Waals surface area contributed by atoms with Crippen LogP contribution in [-0.2, 0) is 6.54 Å². The minimum atomic E-state index is -0.211. The number of hydrogen-bond donors (Lipinski definition) is 2. The molecule has 72 valence electrons. The second kappa shape index (κ2) is 3.47. The summed E-state index contributed by atoms with van der Waals surface area (Å²) < 4.78 is 4.89. The quantitative estimate of drug-likeness (QED) is 0.723. The Kier molecular flexibility index (Phi) is 2.16. The summed E-state index contributed by atoms with van der Waals surface area (Å²) in [5.74, 6) is 0.478. The first-order valence-corrected chi connectivity index (χ1v) is 4.12. The third-order valence-corrected chi connectivity index (χ3v) is 1.80. The van der Waals surface area contributed by atoms with Crippen LogP contribution >= 0.6 is 0 Å². The molecule has 0 saturated heterocycles. The Morgan fingerprint density at radius 3 is 3.07 bits per heavy atom. The topological polar surface area (TPSA) is 84.9 Å². The van der Waals surface area contributed by atoms with Crippen LogP contribution in [0.15, 0.2) is 33.9 Å². The summed E-state index contributed by atoms with van der Waals surface area (Å²) in [4.78, 5) is 17.9. The van der Waals surface area contributed by atoms with Gasteiger partial charge in [0.05, 0.1) is 17.5 Å². The van der Waals surface area contributed by atoms with Gasteiger partial charge < -0.3 is 15.1 Å². The van der Waals surface area contributed by atoms with Gasteiger partial charge in [0.2, 0.25) is 0 Å². The smallest absolute Gasteiger partial charge is 0.251 e. The van der Waals surface area contributed by atoms with Crippen LogP contribution in [0.2, 0.25) is 0 Å². The highest BCUT2D eigenvalue weighted by Gasteiger charge is 2.03. The van der Waals surface area contributed by atoms with Crippen molar-refractivity contribution in [3.63, 3.8) is 0 Å². The summed E-state index contributed by atoms with van der Waals surface area (Å²) >= 11 is 0. The molecule has 2 aromatic heterocycles. The van der Waals surface area contributed by atoms with Gasteiger partial charge in [0.25, 0.3) is 5.56 Å². The fraction of sp³-hybridized carbons (Fsp3) is 0.111. The Morgan fingerprint density at radius 2 is 2.43 bits per heavy atom. The molecule has 2 aromatic rings. The average Bonchev–Trinajstić information content (AvgIpc) is 2.69. The van der Waals surface area contributed by atoms with E-state index in [2.05, 4.69) is 9.97 Å². The van der Waals surface area contributed by atoms with E-state index in [9.17, 15) is 4.79 Å². The molecule has 5 nitrogen and oxygen atoms in total. The van der Waals surface area contributed by atoms with Crippen molar-refractivity contribution >= 4 is 0 Å². The molecule has 0 fully saturated rings. The SMILES string of the molecule is NCc1cc(=O)[nH]c(-c2ccoc2)n1. The summed E-state index contributed by atoms with van der Waals surface area (Å²) in [6.07, 6.45) is 3.03. The molecule has 0 saturated carbocycles. The number of aromatic amines is 1. The van der Waals surface area contributed by atoms with E-state index in [4.69, 9.17) is 10.2 Å². The number of furan rings is 1. The minimum Gasteiger partial charge on any atom is -0.472 e. The van der Waals surface area contributed by atoms with Gasteiger partial charge in [-0.1, -0.05) is 0 Å². The molecule has 0 amide bonds. The normalized spacial score (nSPS) is 10.4. The lowest BCUT2D eigenvalue weighted by atomic mass is 10.3.